The molecule has 2 saturated heterocycles. The quantitative estimate of drug-likeness (QED) is 0.386. The van der Waals surface area contributed by atoms with Crippen LogP contribution in [0.1, 0.15) is 80.5 Å². The summed E-state index contributed by atoms with van der Waals surface area (Å²) in [6.07, 6.45) is 13.3. The number of fused-ring (bicyclic) bond motifs is 2. The molecular weight excluding hydrogens is 498 g/mol. The SMILES string of the molecule is O=CN1CC[C@@H](c2ccccc2)C[C@]1(C1CCCCC1)[C@@H]1CNC[C@]12CCCc1nc(Br)ccc12. The lowest BCUT2D eigenvalue weighted by Gasteiger charge is -2.60. The fraction of sp³-hybridized carbons (Fsp3) is 0.600. The number of carbonyl (C=O) groups excluding carboxylic acids is 1. The van der Waals surface area contributed by atoms with Crippen molar-refractivity contribution in [3.05, 3.63) is 63.9 Å². The molecule has 35 heavy (non-hydrogen) atoms. The van der Waals surface area contributed by atoms with Crippen molar-refractivity contribution in [2.24, 2.45) is 11.8 Å². The van der Waals surface area contributed by atoms with Crippen molar-refractivity contribution in [3.63, 3.8) is 0 Å². The van der Waals surface area contributed by atoms with Crippen LogP contribution in [0.3, 0.4) is 0 Å². The average molecular weight is 537 g/mol. The standard InChI is InChI=1S/C30H38BrN3O/c31-28-14-13-25-26(33-28)12-7-16-29(25)20-32-19-27(29)30(24-10-5-2-6-11-24)18-23(15-17-34(30)21-35)22-8-3-1-4-9-22/h1,3-4,8-9,13-14,21,23-24,27,32H,2,5-7,10-12,15-20H2/t23-,27-,29+,30+/m1/s1. The fourth-order valence-corrected chi connectivity index (χ4v) is 9.04. The lowest BCUT2D eigenvalue weighted by molar-refractivity contribution is -0.139. The number of nitrogens with zero attached hydrogens (tertiary/aromatic N) is 2. The zero-order chi connectivity index (χ0) is 23.9. The van der Waals surface area contributed by atoms with E-state index in [1.165, 1.54) is 68.2 Å². The third-order valence-corrected chi connectivity index (χ3v) is 10.6. The Morgan fingerprint density at radius 1 is 1.03 bits per heavy atom. The lowest BCUT2D eigenvalue weighted by Crippen LogP contribution is -2.66. The molecule has 2 aliphatic heterocycles. The molecule has 0 radical (unpaired) electrons. The first-order valence-electron chi connectivity index (χ1n) is 13.8. The largest absolute Gasteiger partial charge is 0.339 e. The molecule has 6 rings (SSSR count). The molecule has 1 spiro atoms. The molecule has 3 fully saturated rings. The molecule has 3 heterocycles. The van der Waals surface area contributed by atoms with Crippen molar-refractivity contribution >= 4 is 22.3 Å². The summed E-state index contributed by atoms with van der Waals surface area (Å²) in [4.78, 5) is 20.1. The second kappa shape index (κ2) is 9.63. The highest BCUT2D eigenvalue weighted by molar-refractivity contribution is 9.10. The molecule has 1 amide bonds. The summed E-state index contributed by atoms with van der Waals surface area (Å²) in [5.41, 5.74) is 4.12. The number of hydrogen-bond donors (Lipinski definition) is 1. The third-order valence-electron chi connectivity index (χ3n) is 10.1. The second-order valence-electron chi connectivity index (χ2n) is 11.5. The number of aryl methyl sites for hydroxylation is 1. The summed E-state index contributed by atoms with van der Waals surface area (Å²) >= 11 is 3.63. The highest BCUT2D eigenvalue weighted by Gasteiger charge is 2.61. The molecule has 4 aliphatic rings. The fourth-order valence-electron chi connectivity index (χ4n) is 8.69. The molecule has 0 bridgehead atoms. The zero-order valence-electron chi connectivity index (χ0n) is 20.7. The van der Waals surface area contributed by atoms with E-state index in [1.54, 1.807) is 0 Å². The van der Waals surface area contributed by atoms with Gasteiger partial charge in [0.05, 0.1) is 5.54 Å². The van der Waals surface area contributed by atoms with Gasteiger partial charge in [0.2, 0.25) is 6.41 Å². The minimum absolute atomic E-state index is 0.0541. The van der Waals surface area contributed by atoms with Crippen LogP contribution in [0.4, 0.5) is 0 Å². The van der Waals surface area contributed by atoms with E-state index in [2.05, 4.69) is 68.6 Å². The molecule has 2 aliphatic carbocycles. The van der Waals surface area contributed by atoms with Crippen molar-refractivity contribution in [1.82, 2.24) is 15.2 Å². The predicted molar refractivity (Wildman–Crippen MR) is 143 cm³/mol. The molecule has 5 heteroatoms. The molecular formula is C30H38BrN3O. The zero-order valence-corrected chi connectivity index (χ0v) is 22.3. The molecule has 1 aromatic heterocycles. The Morgan fingerprint density at radius 3 is 2.66 bits per heavy atom. The minimum Gasteiger partial charge on any atom is -0.339 e. The summed E-state index contributed by atoms with van der Waals surface area (Å²) in [6, 6.07) is 15.6. The molecule has 2 aromatic rings. The van der Waals surface area contributed by atoms with Crippen LogP contribution in [0.5, 0.6) is 0 Å². The third kappa shape index (κ3) is 3.89. The number of nitrogens with one attached hydrogen (secondary N) is 1. The normalized spacial score (nSPS) is 33.6. The van der Waals surface area contributed by atoms with Gasteiger partial charge in [-0.3, -0.25) is 4.79 Å². The van der Waals surface area contributed by atoms with E-state index in [4.69, 9.17) is 4.98 Å². The molecule has 1 saturated carbocycles. The van der Waals surface area contributed by atoms with Gasteiger partial charge in [-0.1, -0.05) is 55.7 Å². The van der Waals surface area contributed by atoms with E-state index in [-0.39, 0.29) is 11.0 Å². The van der Waals surface area contributed by atoms with Crippen LogP contribution < -0.4 is 5.32 Å². The molecule has 4 nitrogen and oxygen atoms in total. The van der Waals surface area contributed by atoms with Crippen LogP contribution in [0.15, 0.2) is 47.1 Å². The summed E-state index contributed by atoms with van der Waals surface area (Å²) in [7, 11) is 0. The Kier molecular flexibility index (Phi) is 6.51. The maximum Gasteiger partial charge on any atom is 0.210 e. The smallest absolute Gasteiger partial charge is 0.210 e. The van der Waals surface area contributed by atoms with Gasteiger partial charge in [0.15, 0.2) is 0 Å². The van der Waals surface area contributed by atoms with Gasteiger partial charge in [0.25, 0.3) is 0 Å². The van der Waals surface area contributed by atoms with Gasteiger partial charge < -0.3 is 10.2 Å². The highest BCUT2D eigenvalue weighted by atomic mass is 79.9. The van der Waals surface area contributed by atoms with Crippen molar-refractivity contribution in [2.75, 3.05) is 19.6 Å². The first-order valence-corrected chi connectivity index (χ1v) is 14.6. The van der Waals surface area contributed by atoms with E-state index in [9.17, 15) is 4.79 Å². The van der Waals surface area contributed by atoms with Gasteiger partial charge in [0.1, 0.15) is 4.60 Å². The van der Waals surface area contributed by atoms with Crippen LogP contribution in [-0.4, -0.2) is 41.5 Å². The van der Waals surface area contributed by atoms with Crippen LogP contribution in [0.25, 0.3) is 0 Å². The minimum atomic E-state index is -0.105. The van der Waals surface area contributed by atoms with Crippen LogP contribution in [-0.2, 0) is 16.6 Å². The number of amides is 1. The number of hydrogen-bond acceptors (Lipinski definition) is 3. The summed E-state index contributed by atoms with van der Waals surface area (Å²) in [6.45, 7) is 2.88. The van der Waals surface area contributed by atoms with Gasteiger partial charge in [-0.2, -0.15) is 0 Å². The predicted octanol–water partition coefficient (Wildman–Crippen LogP) is 5.99. The molecule has 4 atom stereocenters. The van der Waals surface area contributed by atoms with E-state index < -0.39 is 0 Å². The number of benzene rings is 1. The summed E-state index contributed by atoms with van der Waals surface area (Å²) in [5, 5.41) is 3.87. The summed E-state index contributed by atoms with van der Waals surface area (Å²) < 4.78 is 0.939. The Bertz CT molecular complexity index is 1050. The first kappa shape index (κ1) is 23.7. The number of rotatable bonds is 4. The van der Waals surface area contributed by atoms with E-state index in [1.807, 2.05) is 0 Å². The van der Waals surface area contributed by atoms with Crippen molar-refractivity contribution in [3.8, 4) is 0 Å². The monoisotopic (exact) mass is 535 g/mol. The van der Waals surface area contributed by atoms with E-state index in [0.717, 1.165) is 43.5 Å². The summed E-state index contributed by atoms with van der Waals surface area (Å²) in [5.74, 6) is 1.50. The number of pyridine rings is 1. The second-order valence-corrected chi connectivity index (χ2v) is 12.4. The van der Waals surface area contributed by atoms with Gasteiger partial charge in [-0.15, -0.1) is 0 Å². The van der Waals surface area contributed by atoms with Gasteiger partial charge in [0, 0.05) is 36.7 Å². The average Bonchev–Trinajstić information content (AvgIpc) is 3.33. The van der Waals surface area contributed by atoms with Crippen molar-refractivity contribution < 1.29 is 4.79 Å². The highest BCUT2D eigenvalue weighted by Crippen LogP contribution is 2.58. The number of carbonyl (C=O) groups is 1. The maximum absolute atomic E-state index is 12.9. The van der Waals surface area contributed by atoms with Crippen molar-refractivity contribution in [2.45, 2.75) is 81.1 Å². The van der Waals surface area contributed by atoms with Crippen molar-refractivity contribution in [1.29, 1.82) is 0 Å². The van der Waals surface area contributed by atoms with Crippen LogP contribution in [0.2, 0.25) is 0 Å². The maximum atomic E-state index is 12.9. The van der Waals surface area contributed by atoms with Gasteiger partial charge >= 0.3 is 0 Å². The number of likely N-dealkylation sites (tertiary alicyclic amines) is 1. The Balaban J connectivity index is 1.50. The Morgan fingerprint density at radius 2 is 1.86 bits per heavy atom. The Hall–Kier alpha value is -1.72. The first-order chi connectivity index (χ1) is 17.2. The van der Waals surface area contributed by atoms with Gasteiger partial charge in [-0.05, 0) is 89.9 Å². The number of piperidine rings is 1. The Labute approximate surface area is 218 Å². The lowest BCUT2D eigenvalue weighted by atomic mass is 9.52. The molecule has 1 N–H and O–H groups in total. The van der Waals surface area contributed by atoms with E-state index in [0.29, 0.717) is 17.8 Å². The molecule has 0 unspecified atom stereocenters. The van der Waals surface area contributed by atoms with Crippen LogP contribution >= 0.6 is 15.9 Å². The molecule has 186 valence electrons. The molecule has 1 aromatic carbocycles. The van der Waals surface area contributed by atoms with E-state index >= 15 is 0 Å². The van der Waals surface area contributed by atoms with Crippen LogP contribution in [0, 0.1) is 11.8 Å². The number of aromatic nitrogens is 1. The number of halogens is 1. The van der Waals surface area contributed by atoms with Gasteiger partial charge in [-0.25, -0.2) is 4.98 Å². The topological polar surface area (TPSA) is 45.2 Å².